The highest BCUT2D eigenvalue weighted by Gasteiger charge is 2.47. The quantitative estimate of drug-likeness (QED) is 0.798. The lowest BCUT2D eigenvalue weighted by Gasteiger charge is -2.40. The number of nitrogens with zero attached hydrogens (tertiary/aromatic N) is 1. The van der Waals surface area contributed by atoms with Crippen LogP contribution in [0.1, 0.15) is 52.9 Å². The minimum Gasteiger partial charge on any atom is -0.343 e. The predicted molar refractivity (Wildman–Crippen MR) is 74.5 cm³/mol. The molecule has 2 fully saturated rings. The Labute approximate surface area is 115 Å². The van der Waals surface area contributed by atoms with Gasteiger partial charge in [0.05, 0.1) is 0 Å². The van der Waals surface area contributed by atoms with Crippen LogP contribution in [0.25, 0.3) is 0 Å². The molecule has 1 heterocycles. The van der Waals surface area contributed by atoms with Gasteiger partial charge in [-0.1, -0.05) is 33.6 Å². The Hall–Kier alpha value is -1.06. The Morgan fingerprint density at radius 1 is 1.21 bits per heavy atom. The van der Waals surface area contributed by atoms with Crippen molar-refractivity contribution in [2.45, 2.75) is 65.0 Å². The second-order valence-corrected chi connectivity index (χ2v) is 5.92. The first-order valence-corrected chi connectivity index (χ1v) is 7.73. The van der Waals surface area contributed by atoms with Crippen LogP contribution in [0.15, 0.2) is 0 Å². The van der Waals surface area contributed by atoms with Crippen LogP contribution in [-0.4, -0.2) is 35.3 Å². The fraction of sp³-hybridized carbons (Fsp3) is 0.867. The van der Waals surface area contributed by atoms with E-state index < -0.39 is 0 Å². The molecule has 19 heavy (non-hydrogen) atoms. The van der Waals surface area contributed by atoms with Gasteiger partial charge in [0.15, 0.2) is 0 Å². The average molecular weight is 266 g/mol. The zero-order valence-corrected chi connectivity index (χ0v) is 12.3. The Morgan fingerprint density at radius 2 is 1.84 bits per heavy atom. The molecule has 2 amide bonds. The molecule has 1 N–H and O–H groups in total. The van der Waals surface area contributed by atoms with Gasteiger partial charge in [-0.3, -0.25) is 9.59 Å². The Morgan fingerprint density at radius 3 is 2.32 bits per heavy atom. The molecule has 1 aliphatic heterocycles. The molecule has 2 unspecified atom stereocenters. The van der Waals surface area contributed by atoms with E-state index in [1.54, 1.807) is 0 Å². The first-order chi connectivity index (χ1) is 9.12. The highest BCUT2D eigenvalue weighted by Crippen LogP contribution is 2.37. The van der Waals surface area contributed by atoms with E-state index in [0.29, 0.717) is 18.3 Å². The topological polar surface area (TPSA) is 49.4 Å². The van der Waals surface area contributed by atoms with Gasteiger partial charge in [-0.25, -0.2) is 0 Å². The van der Waals surface area contributed by atoms with Crippen molar-refractivity contribution >= 4 is 11.8 Å². The Kier molecular flexibility index (Phi) is 4.48. The molecule has 0 radical (unpaired) electrons. The number of piperazine rings is 1. The maximum absolute atomic E-state index is 12.5. The number of rotatable bonds is 6. The van der Waals surface area contributed by atoms with E-state index in [9.17, 15) is 9.59 Å². The van der Waals surface area contributed by atoms with Crippen molar-refractivity contribution in [2.24, 2.45) is 11.8 Å². The third kappa shape index (κ3) is 2.93. The third-order valence-corrected chi connectivity index (χ3v) is 4.59. The summed E-state index contributed by atoms with van der Waals surface area (Å²) in [6.45, 7) is 7.02. The van der Waals surface area contributed by atoms with E-state index in [4.69, 9.17) is 0 Å². The van der Waals surface area contributed by atoms with E-state index in [0.717, 1.165) is 32.2 Å². The van der Waals surface area contributed by atoms with Crippen LogP contribution in [0, 0.1) is 11.8 Å². The highest BCUT2D eigenvalue weighted by atomic mass is 16.2. The summed E-state index contributed by atoms with van der Waals surface area (Å²) in [5, 5.41) is 2.90. The van der Waals surface area contributed by atoms with E-state index in [-0.39, 0.29) is 23.9 Å². The second kappa shape index (κ2) is 5.93. The summed E-state index contributed by atoms with van der Waals surface area (Å²) in [5.74, 6) is 1.11. The Bertz CT molecular complexity index is 348. The van der Waals surface area contributed by atoms with Crippen molar-refractivity contribution in [1.29, 1.82) is 0 Å². The lowest BCUT2D eigenvalue weighted by atomic mass is 9.96. The molecule has 1 saturated heterocycles. The molecule has 0 bridgehead atoms. The highest BCUT2D eigenvalue weighted by molar-refractivity contribution is 5.97. The predicted octanol–water partition coefficient (Wildman–Crippen LogP) is 1.94. The fourth-order valence-electron chi connectivity index (χ4n) is 2.98. The lowest BCUT2D eigenvalue weighted by molar-refractivity contribution is -0.151. The first-order valence-electron chi connectivity index (χ1n) is 7.73. The molecule has 2 rings (SSSR count). The first kappa shape index (κ1) is 14.4. The van der Waals surface area contributed by atoms with Gasteiger partial charge in [-0.2, -0.15) is 0 Å². The van der Waals surface area contributed by atoms with Gasteiger partial charge in [-0.15, -0.1) is 0 Å². The van der Waals surface area contributed by atoms with Crippen LogP contribution in [0.4, 0.5) is 0 Å². The van der Waals surface area contributed by atoms with Crippen molar-refractivity contribution in [3.63, 3.8) is 0 Å². The minimum atomic E-state index is -0.308. The second-order valence-electron chi connectivity index (χ2n) is 5.92. The molecule has 0 aromatic rings. The molecule has 1 aliphatic carbocycles. The van der Waals surface area contributed by atoms with Crippen LogP contribution < -0.4 is 5.32 Å². The van der Waals surface area contributed by atoms with Crippen molar-refractivity contribution in [2.75, 3.05) is 6.54 Å². The SMILES string of the molecule is CCC(CC)CN1C(=O)C(CC)NC(=O)C1C1CC1. The summed E-state index contributed by atoms with van der Waals surface area (Å²) < 4.78 is 0. The number of hydrogen-bond donors (Lipinski definition) is 1. The van der Waals surface area contributed by atoms with Gasteiger partial charge >= 0.3 is 0 Å². The Balaban J connectivity index is 2.16. The smallest absolute Gasteiger partial charge is 0.245 e. The normalized spacial score (nSPS) is 27.9. The molecule has 0 aromatic heterocycles. The molecule has 4 heteroatoms. The molecule has 108 valence electrons. The van der Waals surface area contributed by atoms with Crippen LogP contribution in [0.3, 0.4) is 0 Å². The van der Waals surface area contributed by atoms with Crippen molar-refractivity contribution < 1.29 is 9.59 Å². The van der Waals surface area contributed by atoms with Crippen LogP contribution >= 0.6 is 0 Å². The van der Waals surface area contributed by atoms with E-state index in [1.165, 1.54) is 0 Å². The van der Waals surface area contributed by atoms with E-state index >= 15 is 0 Å². The van der Waals surface area contributed by atoms with Gasteiger partial charge in [0.1, 0.15) is 12.1 Å². The van der Waals surface area contributed by atoms with Gasteiger partial charge in [-0.05, 0) is 31.1 Å². The average Bonchev–Trinajstić information content (AvgIpc) is 3.23. The van der Waals surface area contributed by atoms with Gasteiger partial charge in [0.2, 0.25) is 11.8 Å². The van der Waals surface area contributed by atoms with Crippen LogP contribution in [0.5, 0.6) is 0 Å². The van der Waals surface area contributed by atoms with Crippen molar-refractivity contribution in [1.82, 2.24) is 10.2 Å². The fourth-order valence-corrected chi connectivity index (χ4v) is 2.98. The standard InChI is InChI=1S/C15H26N2O2/c1-4-10(5-2)9-17-13(11-7-8-11)14(18)16-12(6-3)15(17)19/h10-13H,4-9H2,1-3H3,(H,16,18). The summed E-state index contributed by atoms with van der Waals surface area (Å²) in [4.78, 5) is 26.7. The van der Waals surface area contributed by atoms with Crippen molar-refractivity contribution in [3.05, 3.63) is 0 Å². The molecule has 0 aromatic carbocycles. The van der Waals surface area contributed by atoms with Crippen LogP contribution in [0.2, 0.25) is 0 Å². The van der Waals surface area contributed by atoms with Crippen LogP contribution in [-0.2, 0) is 9.59 Å². The number of hydrogen-bond acceptors (Lipinski definition) is 2. The largest absolute Gasteiger partial charge is 0.343 e. The molecular formula is C15H26N2O2. The van der Waals surface area contributed by atoms with E-state index in [1.807, 2.05) is 11.8 Å². The number of carbonyl (C=O) groups is 2. The molecule has 1 saturated carbocycles. The summed E-state index contributed by atoms with van der Waals surface area (Å²) in [6, 6.07) is -0.507. The van der Waals surface area contributed by atoms with Gasteiger partial charge in [0, 0.05) is 6.54 Å². The molecule has 2 aliphatic rings. The summed E-state index contributed by atoms with van der Waals surface area (Å²) in [5.41, 5.74) is 0. The maximum atomic E-state index is 12.5. The third-order valence-electron chi connectivity index (χ3n) is 4.59. The monoisotopic (exact) mass is 266 g/mol. The van der Waals surface area contributed by atoms with Crippen molar-refractivity contribution in [3.8, 4) is 0 Å². The number of carbonyl (C=O) groups excluding carboxylic acids is 2. The van der Waals surface area contributed by atoms with Gasteiger partial charge in [0.25, 0.3) is 0 Å². The molecule has 4 nitrogen and oxygen atoms in total. The number of amides is 2. The summed E-state index contributed by atoms with van der Waals surface area (Å²) in [6.07, 6.45) is 4.98. The maximum Gasteiger partial charge on any atom is 0.245 e. The molecule has 0 spiro atoms. The minimum absolute atomic E-state index is 0.0694. The lowest BCUT2D eigenvalue weighted by Crippen LogP contribution is -2.64. The zero-order valence-electron chi connectivity index (χ0n) is 12.3. The molecular weight excluding hydrogens is 240 g/mol. The van der Waals surface area contributed by atoms with Gasteiger partial charge < -0.3 is 10.2 Å². The zero-order chi connectivity index (χ0) is 14.0. The molecule has 2 atom stereocenters. The summed E-state index contributed by atoms with van der Waals surface area (Å²) >= 11 is 0. The number of nitrogens with one attached hydrogen (secondary N) is 1. The van der Waals surface area contributed by atoms with E-state index in [2.05, 4.69) is 19.2 Å². The summed E-state index contributed by atoms with van der Waals surface area (Å²) in [7, 11) is 0.